The second-order valence-corrected chi connectivity index (χ2v) is 11.8. The van der Waals surface area contributed by atoms with Crippen molar-refractivity contribution in [1.82, 2.24) is 0 Å². The fourth-order valence-electron chi connectivity index (χ4n) is 1.56. The molecule has 0 radical (unpaired) electrons. The van der Waals surface area contributed by atoms with Gasteiger partial charge in [0.15, 0.2) is 6.29 Å². The number of aliphatic hydroxyl groups is 3. The van der Waals surface area contributed by atoms with Crippen LogP contribution in [0, 0.1) is 0 Å². The molecule has 0 saturated carbocycles. The molecular weight excluding hydrogens is 240 g/mol. The highest BCUT2D eigenvalue weighted by Gasteiger charge is 2.45. The van der Waals surface area contributed by atoms with Crippen LogP contribution < -0.4 is 0 Å². The maximum atomic E-state index is 9.63. The van der Waals surface area contributed by atoms with Gasteiger partial charge in [0.1, 0.15) is 14.4 Å². The lowest BCUT2D eigenvalue weighted by Gasteiger charge is -2.36. The Hall–Kier alpha value is 0.584. The molecule has 1 fully saturated rings. The molecule has 5 unspecified atom stereocenters. The van der Waals surface area contributed by atoms with Crippen molar-refractivity contribution >= 4 is 29.7 Å². The molecule has 0 aliphatic carbocycles. The van der Waals surface area contributed by atoms with E-state index in [1.165, 1.54) is 0 Å². The topological polar surface area (TPSA) is 90.2 Å². The molecule has 0 spiro atoms. The third-order valence-electron chi connectivity index (χ3n) is 2.42. The molecule has 1 aliphatic heterocycles. The van der Waals surface area contributed by atoms with Gasteiger partial charge < -0.3 is 24.5 Å². The van der Waals surface area contributed by atoms with Gasteiger partial charge >= 0.3 is 0 Å². The van der Waals surface area contributed by atoms with Crippen LogP contribution in [-0.2, 0) is 4.43 Å². The lowest BCUT2D eigenvalue weighted by atomic mass is 10.4. The molecule has 1 saturated heterocycles. The number of aliphatic hydroxyl groups excluding tert-OH is 3. The first-order chi connectivity index (χ1) is 6.57. The van der Waals surface area contributed by atoms with Crippen molar-refractivity contribution in [3.05, 3.63) is 0 Å². The van der Waals surface area contributed by atoms with Crippen molar-refractivity contribution in [2.45, 2.75) is 30.6 Å². The first-order valence-electron chi connectivity index (χ1n) is 4.56. The zero-order valence-corrected chi connectivity index (χ0v) is 10.9. The van der Waals surface area contributed by atoms with Gasteiger partial charge in [-0.15, -0.1) is 0 Å². The van der Waals surface area contributed by atoms with E-state index in [-0.39, 0.29) is 0 Å². The summed E-state index contributed by atoms with van der Waals surface area (Å²) < 4.78 is 4.86. The summed E-state index contributed by atoms with van der Waals surface area (Å²) in [6.07, 6.45) is -1.89. The molecule has 0 bridgehead atoms. The molecule has 1 aliphatic rings. The van der Waals surface area contributed by atoms with Crippen LogP contribution in [0.5, 0.6) is 0 Å². The van der Waals surface area contributed by atoms with Crippen LogP contribution in [0.25, 0.3) is 0 Å². The molecule has 5 nitrogen and oxygen atoms in total. The predicted molar refractivity (Wildman–Crippen MR) is 58.9 cm³/mol. The van der Waals surface area contributed by atoms with E-state index in [2.05, 4.69) is 12.6 Å². The summed E-state index contributed by atoms with van der Waals surface area (Å²) in [5.74, 6) is 0.690. The van der Waals surface area contributed by atoms with Crippen LogP contribution in [0.2, 0.25) is 6.04 Å². The predicted octanol–water partition coefficient (Wildman–Crippen LogP) is -2.57. The molecule has 0 aromatic carbocycles. The third kappa shape index (κ3) is 2.79. The Morgan fingerprint density at radius 2 is 1.93 bits per heavy atom. The maximum absolute atomic E-state index is 9.63. The number of rotatable bonds is 3. The maximum Gasteiger partial charge on any atom is 0.299 e. The largest absolute Gasteiger partial charge is 0.415 e. The van der Waals surface area contributed by atoms with E-state index < -0.39 is 35.2 Å². The fraction of sp³-hybridized carbons (Fsp3) is 1.00. The van der Waals surface area contributed by atoms with Crippen molar-refractivity contribution in [2.75, 3.05) is 5.75 Å². The number of hydrogen-bond donors (Lipinski definition) is 5. The Labute approximate surface area is 91.0 Å². The quantitative estimate of drug-likeness (QED) is 0.283. The van der Waals surface area contributed by atoms with Crippen molar-refractivity contribution in [1.29, 1.82) is 0 Å². The molecule has 84 valence electrons. The Bertz CT molecular complexity index is 186. The Morgan fingerprint density at radius 3 is 2.50 bits per heavy atom. The second-order valence-electron chi connectivity index (χ2n) is 3.43. The average Bonchev–Trinajstić information content (AvgIpc) is 2.14. The summed E-state index contributed by atoms with van der Waals surface area (Å²) in [5, 5.41) is 28.1. The highest BCUT2D eigenvalue weighted by molar-refractivity contribution is 7.80. The van der Waals surface area contributed by atoms with E-state index in [0.29, 0.717) is 11.8 Å². The average molecular weight is 256 g/mol. The highest BCUT2D eigenvalue weighted by atomic mass is 32.1. The fourth-order valence-corrected chi connectivity index (χ4v) is 9.41. The Balaban J connectivity index is 2.55. The molecule has 1 heterocycles. The summed E-state index contributed by atoms with van der Waals surface area (Å²) in [4.78, 5) is 9.58. The first kappa shape index (κ1) is 12.7. The van der Waals surface area contributed by atoms with Gasteiger partial charge in [-0.1, -0.05) is 6.04 Å². The first-order valence-corrected chi connectivity index (χ1v) is 10.3. The SMILES string of the molecule is OC1O[SiH](O)[SiH](CCCS)C(O)C1O. The minimum atomic E-state index is -2.45. The van der Waals surface area contributed by atoms with E-state index in [4.69, 9.17) is 9.53 Å². The van der Waals surface area contributed by atoms with Gasteiger partial charge in [0.2, 0.25) is 0 Å². The molecular formula is C6H16O5SSi2. The summed E-state index contributed by atoms with van der Waals surface area (Å²) >= 11 is 4.04. The van der Waals surface area contributed by atoms with Gasteiger partial charge in [-0.25, -0.2) is 0 Å². The van der Waals surface area contributed by atoms with Gasteiger partial charge in [0, 0.05) is 0 Å². The minimum Gasteiger partial charge on any atom is -0.415 e. The van der Waals surface area contributed by atoms with E-state index in [0.717, 1.165) is 6.42 Å². The molecule has 4 N–H and O–H groups in total. The van der Waals surface area contributed by atoms with E-state index >= 15 is 0 Å². The van der Waals surface area contributed by atoms with Crippen molar-refractivity contribution in [3.8, 4) is 0 Å². The summed E-state index contributed by atoms with van der Waals surface area (Å²) in [6.45, 7) is 0. The van der Waals surface area contributed by atoms with Crippen LogP contribution in [0.4, 0.5) is 0 Å². The van der Waals surface area contributed by atoms with E-state index in [1.807, 2.05) is 0 Å². The molecule has 5 atom stereocenters. The Morgan fingerprint density at radius 1 is 1.29 bits per heavy atom. The van der Waals surface area contributed by atoms with Gasteiger partial charge in [-0.05, 0) is 12.2 Å². The zero-order valence-electron chi connectivity index (χ0n) is 7.65. The molecule has 8 heteroatoms. The van der Waals surface area contributed by atoms with Crippen LogP contribution in [0.3, 0.4) is 0 Å². The summed E-state index contributed by atoms with van der Waals surface area (Å²) in [5.41, 5.74) is -0.958. The smallest absolute Gasteiger partial charge is 0.299 e. The summed E-state index contributed by atoms with van der Waals surface area (Å²) in [6, 6.07) is 0.696. The summed E-state index contributed by atoms with van der Waals surface area (Å²) in [7, 11) is -4.31. The molecule has 0 aromatic rings. The van der Waals surface area contributed by atoms with Gasteiger partial charge in [-0.3, -0.25) is 0 Å². The van der Waals surface area contributed by atoms with Gasteiger partial charge in [0.25, 0.3) is 8.80 Å². The minimum absolute atomic E-state index is 0.690. The monoisotopic (exact) mass is 256 g/mol. The molecule has 1 rings (SSSR count). The van der Waals surface area contributed by atoms with Crippen LogP contribution >= 0.6 is 12.6 Å². The van der Waals surface area contributed by atoms with Crippen molar-refractivity contribution in [2.24, 2.45) is 0 Å². The van der Waals surface area contributed by atoms with Crippen LogP contribution in [0.1, 0.15) is 6.42 Å². The molecule has 14 heavy (non-hydrogen) atoms. The van der Waals surface area contributed by atoms with Crippen molar-refractivity contribution < 1.29 is 24.5 Å². The van der Waals surface area contributed by atoms with E-state index in [1.54, 1.807) is 0 Å². The zero-order chi connectivity index (χ0) is 10.7. The standard InChI is InChI=1S/C6H16O5SSi2/c7-4-5(8)11-14(10)13(6(4)9)3-1-2-12/h4-10,12-14H,1-3H2. The van der Waals surface area contributed by atoms with Crippen LogP contribution in [-0.4, -0.2) is 61.1 Å². The lowest BCUT2D eigenvalue weighted by Crippen LogP contribution is -2.62. The number of thiol groups is 1. The lowest BCUT2D eigenvalue weighted by molar-refractivity contribution is -0.141. The number of hydrogen-bond acceptors (Lipinski definition) is 6. The van der Waals surface area contributed by atoms with Crippen LogP contribution in [0.15, 0.2) is 0 Å². The highest BCUT2D eigenvalue weighted by Crippen LogP contribution is 2.18. The second kappa shape index (κ2) is 5.61. The molecule has 0 amide bonds. The van der Waals surface area contributed by atoms with E-state index in [9.17, 15) is 15.0 Å². The third-order valence-corrected chi connectivity index (χ3v) is 11.2. The van der Waals surface area contributed by atoms with Gasteiger partial charge in [-0.2, -0.15) is 12.6 Å². The normalized spacial score (nSPS) is 43.9. The van der Waals surface area contributed by atoms with Crippen molar-refractivity contribution in [3.63, 3.8) is 0 Å². The molecule has 0 aromatic heterocycles. The Kier molecular flexibility index (Phi) is 5.07. The van der Waals surface area contributed by atoms with Gasteiger partial charge in [0.05, 0.1) is 5.73 Å².